The predicted octanol–water partition coefficient (Wildman–Crippen LogP) is 3.76. The third-order valence-corrected chi connectivity index (χ3v) is 3.22. The normalized spacial score (nSPS) is 10.5. The Morgan fingerprint density at radius 1 is 1.00 bits per heavy atom. The van der Waals surface area contributed by atoms with Crippen LogP contribution in [-0.4, -0.2) is 9.91 Å². The molecule has 0 saturated heterocycles. The molecule has 1 N–H and O–H groups in total. The first-order chi connectivity index (χ1) is 10.2. The summed E-state index contributed by atoms with van der Waals surface area (Å²) < 4.78 is 0. The lowest BCUT2D eigenvalue weighted by atomic mass is 10.2. The molecule has 21 heavy (non-hydrogen) atoms. The maximum absolute atomic E-state index is 11.0. The standard InChI is InChI=1S/C16H13N3O2/c20-19(21)16-8-4-3-7-15(16)17-11-13-10-9-12-5-1-2-6-14(12)18-13/h1-10,17H,11H2. The number of rotatable bonds is 4. The van der Waals surface area contributed by atoms with Crippen LogP contribution in [0.1, 0.15) is 5.69 Å². The van der Waals surface area contributed by atoms with Gasteiger partial charge in [-0.05, 0) is 18.2 Å². The minimum atomic E-state index is -0.393. The van der Waals surface area contributed by atoms with Gasteiger partial charge in [-0.25, -0.2) is 0 Å². The number of hydrogen-bond donors (Lipinski definition) is 1. The van der Waals surface area contributed by atoms with E-state index >= 15 is 0 Å². The highest BCUT2D eigenvalue weighted by atomic mass is 16.6. The third-order valence-electron chi connectivity index (χ3n) is 3.22. The molecule has 0 aliphatic rings. The minimum Gasteiger partial charge on any atom is -0.374 e. The van der Waals surface area contributed by atoms with Gasteiger partial charge in [0, 0.05) is 11.5 Å². The number of benzene rings is 2. The van der Waals surface area contributed by atoms with Crippen LogP contribution in [0, 0.1) is 10.1 Å². The number of nitrogens with one attached hydrogen (secondary N) is 1. The molecule has 1 heterocycles. The summed E-state index contributed by atoms with van der Waals surface area (Å²) in [6.45, 7) is 0.440. The van der Waals surface area contributed by atoms with Crippen molar-refractivity contribution in [3.63, 3.8) is 0 Å². The van der Waals surface area contributed by atoms with Gasteiger partial charge in [-0.2, -0.15) is 0 Å². The number of pyridine rings is 1. The van der Waals surface area contributed by atoms with Crippen LogP contribution >= 0.6 is 0 Å². The van der Waals surface area contributed by atoms with E-state index in [1.165, 1.54) is 6.07 Å². The summed E-state index contributed by atoms with van der Waals surface area (Å²) in [6, 6.07) is 18.4. The predicted molar refractivity (Wildman–Crippen MR) is 82.2 cm³/mol. The van der Waals surface area contributed by atoms with Gasteiger partial charge in [0.15, 0.2) is 0 Å². The number of aromatic nitrogens is 1. The van der Waals surface area contributed by atoms with Crippen molar-refractivity contribution in [2.75, 3.05) is 5.32 Å². The lowest BCUT2D eigenvalue weighted by Crippen LogP contribution is -2.04. The lowest BCUT2D eigenvalue weighted by molar-refractivity contribution is -0.384. The van der Waals surface area contributed by atoms with Crippen LogP contribution in [0.4, 0.5) is 11.4 Å². The molecule has 3 aromatic rings. The molecular formula is C16H13N3O2. The van der Waals surface area contributed by atoms with E-state index in [0.717, 1.165) is 16.6 Å². The molecule has 0 amide bonds. The average Bonchev–Trinajstić information content (AvgIpc) is 2.53. The molecule has 5 heteroatoms. The van der Waals surface area contributed by atoms with Crippen LogP contribution in [0.25, 0.3) is 10.9 Å². The summed E-state index contributed by atoms with van der Waals surface area (Å²) in [4.78, 5) is 15.1. The number of nitro groups is 1. The summed E-state index contributed by atoms with van der Waals surface area (Å²) >= 11 is 0. The van der Waals surface area contributed by atoms with Gasteiger partial charge in [-0.15, -0.1) is 0 Å². The number of para-hydroxylation sites is 3. The van der Waals surface area contributed by atoms with Crippen molar-refractivity contribution in [1.82, 2.24) is 4.98 Å². The maximum Gasteiger partial charge on any atom is 0.292 e. The molecule has 0 aliphatic carbocycles. The van der Waals surface area contributed by atoms with Crippen LogP contribution in [0.3, 0.4) is 0 Å². The van der Waals surface area contributed by atoms with Gasteiger partial charge in [-0.3, -0.25) is 15.1 Å². The number of nitro benzene ring substituents is 1. The van der Waals surface area contributed by atoms with Gasteiger partial charge >= 0.3 is 0 Å². The largest absolute Gasteiger partial charge is 0.374 e. The first kappa shape index (κ1) is 13.1. The van der Waals surface area contributed by atoms with E-state index in [4.69, 9.17) is 0 Å². The van der Waals surface area contributed by atoms with E-state index < -0.39 is 4.92 Å². The average molecular weight is 279 g/mol. The van der Waals surface area contributed by atoms with Crippen molar-refractivity contribution < 1.29 is 4.92 Å². The molecule has 3 rings (SSSR count). The Morgan fingerprint density at radius 2 is 1.76 bits per heavy atom. The molecule has 0 radical (unpaired) electrons. The zero-order valence-corrected chi connectivity index (χ0v) is 11.2. The highest BCUT2D eigenvalue weighted by molar-refractivity contribution is 5.78. The number of hydrogen-bond acceptors (Lipinski definition) is 4. The molecule has 1 aromatic heterocycles. The van der Waals surface area contributed by atoms with Crippen LogP contribution in [0.2, 0.25) is 0 Å². The molecule has 104 valence electrons. The Labute approximate surface area is 121 Å². The van der Waals surface area contributed by atoms with Gasteiger partial charge in [0.1, 0.15) is 5.69 Å². The second kappa shape index (κ2) is 5.58. The van der Waals surface area contributed by atoms with Crippen molar-refractivity contribution in [2.45, 2.75) is 6.54 Å². The smallest absolute Gasteiger partial charge is 0.292 e. The third kappa shape index (κ3) is 2.81. The first-order valence-corrected chi connectivity index (χ1v) is 6.56. The first-order valence-electron chi connectivity index (χ1n) is 6.56. The zero-order valence-electron chi connectivity index (χ0n) is 11.2. The number of nitrogens with zero attached hydrogens (tertiary/aromatic N) is 2. The highest BCUT2D eigenvalue weighted by Crippen LogP contribution is 2.23. The van der Waals surface area contributed by atoms with Gasteiger partial charge in [-0.1, -0.05) is 36.4 Å². The molecular weight excluding hydrogens is 266 g/mol. The molecule has 0 bridgehead atoms. The molecule has 0 unspecified atom stereocenters. The second-order valence-corrected chi connectivity index (χ2v) is 4.62. The van der Waals surface area contributed by atoms with Crippen molar-refractivity contribution in [1.29, 1.82) is 0 Å². The van der Waals surface area contributed by atoms with Crippen LogP contribution in [0.5, 0.6) is 0 Å². The molecule has 0 spiro atoms. The Morgan fingerprint density at radius 3 is 2.62 bits per heavy atom. The highest BCUT2D eigenvalue weighted by Gasteiger charge is 2.11. The molecule has 0 aliphatic heterocycles. The SMILES string of the molecule is O=[N+]([O-])c1ccccc1NCc1ccc2ccccc2n1. The molecule has 0 saturated carbocycles. The fraction of sp³-hybridized carbons (Fsp3) is 0.0625. The zero-order chi connectivity index (χ0) is 14.7. The van der Waals surface area contributed by atoms with E-state index in [-0.39, 0.29) is 5.69 Å². The van der Waals surface area contributed by atoms with E-state index in [1.807, 2.05) is 36.4 Å². The number of anilines is 1. The summed E-state index contributed by atoms with van der Waals surface area (Å²) in [5.74, 6) is 0. The van der Waals surface area contributed by atoms with Crippen LogP contribution in [-0.2, 0) is 6.54 Å². The second-order valence-electron chi connectivity index (χ2n) is 4.62. The van der Waals surface area contributed by atoms with E-state index in [1.54, 1.807) is 18.2 Å². The Hall–Kier alpha value is -2.95. The molecule has 0 atom stereocenters. The summed E-state index contributed by atoms with van der Waals surface area (Å²) in [7, 11) is 0. The van der Waals surface area contributed by atoms with Gasteiger partial charge in [0.25, 0.3) is 5.69 Å². The fourth-order valence-electron chi connectivity index (χ4n) is 2.17. The fourth-order valence-corrected chi connectivity index (χ4v) is 2.17. The summed E-state index contributed by atoms with van der Waals surface area (Å²) in [5.41, 5.74) is 2.32. The van der Waals surface area contributed by atoms with Crippen LogP contribution in [0.15, 0.2) is 60.7 Å². The summed E-state index contributed by atoms with van der Waals surface area (Å²) in [6.07, 6.45) is 0. The van der Waals surface area contributed by atoms with E-state index in [0.29, 0.717) is 12.2 Å². The van der Waals surface area contributed by atoms with Crippen LogP contribution < -0.4 is 5.32 Å². The quantitative estimate of drug-likeness (QED) is 0.583. The van der Waals surface area contributed by atoms with Gasteiger partial charge < -0.3 is 5.32 Å². The molecule has 2 aromatic carbocycles. The topological polar surface area (TPSA) is 68.1 Å². The Balaban J connectivity index is 1.82. The van der Waals surface area contributed by atoms with Crippen molar-refractivity contribution in [2.24, 2.45) is 0 Å². The lowest BCUT2D eigenvalue weighted by Gasteiger charge is -2.07. The van der Waals surface area contributed by atoms with Gasteiger partial charge in [0.2, 0.25) is 0 Å². The molecule has 0 fully saturated rings. The minimum absolute atomic E-state index is 0.0679. The van der Waals surface area contributed by atoms with E-state index in [9.17, 15) is 10.1 Å². The molecule has 5 nitrogen and oxygen atoms in total. The van der Waals surface area contributed by atoms with E-state index in [2.05, 4.69) is 10.3 Å². The summed E-state index contributed by atoms with van der Waals surface area (Å²) in [5, 5.41) is 15.1. The Kier molecular flexibility index (Phi) is 3.47. The van der Waals surface area contributed by atoms with Crippen molar-refractivity contribution in [3.8, 4) is 0 Å². The van der Waals surface area contributed by atoms with Gasteiger partial charge in [0.05, 0.1) is 22.7 Å². The monoisotopic (exact) mass is 279 g/mol. The Bertz CT molecular complexity index is 802. The van der Waals surface area contributed by atoms with Crippen molar-refractivity contribution >= 4 is 22.3 Å². The maximum atomic E-state index is 11.0. The van der Waals surface area contributed by atoms with Crippen molar-refractivity contribution in [3.05, 3.63) is 76.5 Å². The number of fused-ring (bicyclic) bond motifs is 1.